The molecule has 2 rings (SSSR count). The van der Waals surface area contributed by atoms with Gasteiger partial charge in [-0.3, -0.25) is 0 Å². The third-order valence-electron chi connectivity index (χ3n) is 3.96. The molecule has 3 atom stereocenters. The van der Waals surface area contributed by atoms with Gasteiger partial charge in [0.15, 0.2) is 0 Å². The fourth-order valence-electron chi connectivity index (χ4n) is 2.92. The van der Waals surface area contributed by atoms with Gasteiger partial charge in [0.25, 0.3) is 0 Å². The van der Waals surface area contributed by atoms with Crippen LogP contribution in [-0.4, -0.2) is 11.0 Å². The lowest BCUT2D eigenvalue weighted by Gasteiger charge is -2.39. The van der Waals surface area contributed by atoms with Crippen LogP contribution < -0.4 is 0 Å². The van der Waals surface area contributed by atoms with Gasteiger partial charge in [0.1, 0.15) is 0 Å². The normalized spacial score (nSPS) is 40.4. The first-order valence-corrected chi connectivity index (χ1v) is 6.74. The van der Waals surface area contributed by atoms with Gasteiger partial charge in [-0.1, -0.05) is 20.8 Å². The molecule has 0 N–H and O–H groups in total. The molecule has 1 heterocycles. The lowest BCUT2D eigenvalue weighted by molar-refractivity contribution is 0.148. The SMILES string of the molecule is CC(C)(C)C1CCC2SCCC2C1. The summed E-state index contributed by atoms with van der Waals surface area (Å²) in [6, 6.07) is 0. The van der Waals surface area contributed by atoms with Gasteiger partial charge in [-0.15, -0.1) is 0 Å². The van der Waals surface area contributed by atoms with Gasteiger partial charge in [0.05, 0.1) is 0 Å². The second-order valence-electron chi connectivity index (χ2n) is 5.83. The molecule has 1 aliphatic heterocycles. The quantitative estimate of drug-likeness (QED) is 0.568. The maximum Gasteiger partial charge on any atom is 0.00758 e. The molecule has 0 amide bonds. The molecular weight excluding hydrogens is 176 g/mol. The van der Waals surface area contributed by atoms with E-state index in [1.165, 1.54) is 31.4 Å². The topological polar surface area (TPSA) is 0 Å². The Morgan fingerprint density at radius 3 is 2.54 bits per heavy atom. The molecule has 1 saturated heterocycles. The summed E-state index contributed by atoms with van der Waals surface area (Å²) < 4.78 is 0. The number of rotatable bonds is 0. The largest absolute Gasteiger partial charge is 0.158 e. The van der Waals surface area contributed by atoms with E-state index < -0.39 is 0 Å². The van der Waals surface area contributed by atoms with Crippen molar-refractivity contribution in [3.05, 3.63) is 0 Å². The summed E-state index contributed by atoms with van der Waals surface area (Å²) >= 11 is 2.24. The van der Waals surface area contributed by atoms with E-state index in [1.54, 1.807) is 0 Å². The van der Waals surface area contributed by atoms with E-state index in [9.17, 15) is 0 Å². The molecule has 13 heavy (non-hydrogen) atoms. The number of fused-ring (bicyclic) bond motifs is 1. The third-order valence-corrected chi connectivity index (χ3v) is 5.48. The van der Waals surface area contributed by atoms with E-state index in [4.69, 9.17) is 0 Å². The highest BCUT2D eigenvalue weighted by molar-refractivity contribution is 8.00. The van der Waals surface area contributed by atoms with Crippen LogP contribution in [0.25, 0.3) is 0 Å². The van der Waals surface area contributed by atoms with Crippen LogP contribution in [0.15, 0.2) is 0 Å². The summed E-state index contributed by atoms with van der Waals surface area (Å²) in [7, 11) is 0. The highest BCUT2D eigenvalue weighted by Gasteiger charge is 2.38. The van der Waals surface area contributed by atoms with Crippen LogP contribution in [0.4, 0.5) is 0 Å². The van der Waals surface area contributed by atoms with Crippen molar-refractivity contribution in [2.24, 2.45) is 17.3 Å². The predicted molar refractivity (Wildman–Crippen MR) is 61.1 cm³/mol. The molecule has 0 nitrogen and oxygen atoms in total. The van der Waals surface area contributed by atoms with E-state index in [-0.39, 0.29) is 0 Å². The van der Waals surface area contributed by atoms with Crippen LogP contribution in [0.5, 0.6) is 0 Å². The molecule has 3 unspecified atom stereocenters. The average molecular weight is 198 g/mol. The zero-order valence-electron chi connectivity index (χ0n) is 9.18. The molecular formula is C12H22S. The Balaban J connectivity index is 1.97. The first-order valence-electron chi connectivity index (χ1n) is 5.69. The van der Waals surface area contributed by atoms with Gasteiger partial charge in [0, 0.05) is 5.25 Å². The third kappa shape index (κ3) is 2.06. The zero-order valence-corrected chi connectivity index (χ0v) is 9.99. The number of thioether (sulfide) groups is 1. The van der Waals surface area contributed by atoms with Crippen molar-refractivity contribution in [2.75, 3.05) is 5.75 Å². The first kappa shape index (κ1) is 9.89. The smallest absolute Gasteiger partial charge is 0.00758 e. The lowest BCUT2D eigenvalue weighted by Crippen LogP contribution is -2.31. The van der Waals surface area contributed by atoms with Crippen molar-refractivity contribution in [1.82, 2.24) is 0 Å². The molecule has 0 spiro atoms. The van der Waals surface area contributed by atoms with Crippen molar-refractivity contribution < 1.29 is 0 Å². The Morgan fingerprint density at radius 1 is 1.08 bits per heavy atom. The molecule has 0 bridgehead atoms. The van der Waals surface area contributed by atoms with E-state index in [2.05, 4.69) is 32.5 Å². The Kier molecular flexibility index (Phi) is 2.65. The van der Waals surface area contributed by atoms with E-state index in [0.29, 0.717) is 5.41 Å². The van der Waals surface area contributed by atoms with Crippen LogP contribution in [0, 0.1) is 17.3 Å². The number of hydrogen-bond donors (Lipinski definition) is 0. The minimum Gasteiger partial charge on any atom is -0.158 e. The van der Waals surface area contributed by atoms with Gasteiger partial charge in [0.2, 0.25) is 0 Å². The highest BCUT2D eigenvalue weighted by atomic mass is 32.2. The summed E-state index contributed by atoms with van der Waals surface area (Å²) in [5, 5.41) is 1.04. The molecule has 0 aromatic carbocycles. The highest BCUT2D eigenvalue weighted by Crippen LogP contribution is 2.48. The fraction of sp³-hybridized carbons (Fsp3) is 1.00. The predicted octanol–water partition coefficient (Wildman–Crippen LogP) is 3.95. The summed E-state index contributed by atoms with van der Waals surface area (Å²) in [6.45, 7) is 7.25. The van der Waals surface area contributed by atoms with Crippen LogP contribution in [0.3, 0.4) is 0 Å². The van der Waals surface area contributed by atoms with Crippen molar-refractivity contribution in [1.29, 1.82) is 0 Å². The van der Waals surface area contributed by atoms with Crippen LogP contribution in [0.2, 0.25) is 0 Å². The molecule has 0 aromatic rings. The van der Waals surface area contributed by atoms with Gasteiger partial charge in [-0.05, 0) is 48.7 Å². The molecule has 2 fully saturated rings. The zero-order chi connectivity index (χ0) is 9.47. The Hall–Kier alpha value is 0.350. The summed E-state index contributed by atoms with van der Waals surface area (Å²) in [6.07, 6.45) is 6.00. The minimum absolute atomic E-state index is 0.554. The van der Waals surface area contributed by atoms with E-state index >= 15 is 0 Å². The van der Waals surface area contributed by atoms with Gasteiger partial charge in [-0.25, -0.2) is 0 Å². The van der Waals surface area contributed by atoms with Crippen molar-refractivity contribution in [3.8, 4) is 0 Å². The summed E-state index contributed by atoms with van der Waals surface area (Å²) in [5.41, 5.74) is 0.554. The maximum absolute atomic E-state index is 2.42. The van der Waals surface area contributed by atoms with Crippen LogP contribution >= 0.6 is 11.8 Å². The Labute approximate surface area is 86.9 Å². The van der Waals surface area contributed by atoms with Crippen LogP contribution in [0.1, 0.15) is 46.5 Å². The molecule has 1 saturated carbocycles. The average Bonchev–Trinajstić information content (AvgIpc) is 2.47. The minimum atomic E-state index is 0.554. The first-order chi connectivity index (χ1) is 6.07. The van der Waals surface area contributed by atoms with E-state index in [0.717, 1.165) is 17.1 Å². The fourth-order valence-corrected chi connectivity index (χ4v) is 4.48. The van der Waals surface area contributed by atoms with Crippen molar-refractivity contribution in [2.45, 2.75) is 51.7 Å². The Morgan fingerprint density at radius 2 is 1.85 bits per heavy atom. The van der Waals surface area contributed by atoms with E-state index in [1.807, 2.05) is 0 Å². The second-order valence-corrected chi connectivity index (χ2v) is 7.18. The second kappa shape index (κ2) is 3.49. The van der Waals surface area contributed by atoms with Crippen molar-refractivity contribution in [3.63, 3.8) is 0 Å². The van der Waals surface area contributed by atoms with Crippen LogP contribution in [-0.2, 0) is 0 Å². The van der Waals surface area contributed by atoms with Gasteiger partial charge in [-0.2, -0.15) is 11.8 Å². The number of hydrogen-bond acceptors (Lipinski definition) is 1. The molecule has 2 aliphatic rings. The van der Waals surface area contributed by atoms with Gasteiger partial charge < -0.3 is 0 Å². The molecule has 0 aromatic heterocycles. The molecule has 76 valence electrons. The molecule has 1 aliphatic carbocycles. The molecule has 0 radical (unpaired) electrons. The van der Waals surface area contributed by atoms with Gasteiger partial charge >= 0.3 is 0 Å². The monoisotopic (exact) mass is 198 g/mol. The summed E-state index contributed by atoms with van der Waals surface area (Å²) in [4.78, 5) is 0. The maximum atomic E-state index is 2.42. The summed E-state index contributed by atoms with van der Waals surface area (Å²) in [5.74, 6) is 3.50. The lowest BCUT2D eigenvalue weighted by atomic mass is 9.68. The standard InChI is InChI=1S/C12H22S/c1-12(2,3)10-4-5-11-9(8-10)6-7-13-11/h9-11H,4-8H2,1-3H3. The molecule has 1 heteroatoms. The van der Waals surface area contributed by atoms with Crippen molar-refractivity contribution >= 4 is 11.8 Å². The Bertz CT molecular complexity index is 180.